The van der Waals surface area contributed by atoms with Gasteiger partial charge in [0.05, 0.1) is 13.7 Å². The topological polar surface area (TPSA) is 30.9 Å². The third-order valence-electron chi connectivity index (χ3n) is 4.98. The van der Waals surface area contributed by atoms with E-state index in [1.165, 1.54) is 0 Å². The Hall–Kier alpha value is -2.98. The lowest BCUT2D eigenvalue weighted by Gasteiger charge is -2.22. The number of methoxy groups -OCH3 is 1. The number of rotatable bonds is 9. The molecule has 0 aliphatic heterocycles. The first-order valence-corrected chi connectivity index (χ1v) is 11.1. The highest BCUT2D eigenvalue weighted by Gasteiger charge is 2.19. The van der Waals surface area contributed by atoms with E-state index in [1.807, 2.05) is 36.4 Å². The molecule has 0 radical (unpaired) electrons. The fourth-order valence-corrected chi connectivity index (χ4v) is 3.63. The fourth-order valence-electron chi connectivity index (χ4n) is 3.63. The molecule has 4 nitrogen and oxygen atoms in total. The Morgan fingerprint density at radius 1 is 0.812 bits per heavy atom. The van der Waals surface area contributed by atoms with Gasteiger partial charge in [-0.15, -0.1) is 0 Å². The minimum absolute atomic E-state index is 0.231. The second-order valence-corrected chi connectivity index (χ2v) is 9.13. The van der Waals surface area contributed by atoms with Crippen molar-refractivity contribution in [1.29, 1.82) is 0 Å². The molecule has 4 heteroatoms. The maximum atomic E-state index is 6.13. The first-order valence-electron chi connectivity index (χ1n) is 11.1. The summed E-state index contributed by atoms with van der Waals surface area (Å²) in [5.74, 6) is 2.38. The van der Waals surface area contributed by atoms with Gasteiger partial charge in [0.2, 0.25) is 0 Å². The molecular formula is C28H35NO3. The summed E-state index contributed by atoms with van der Waals surface area (Å²) in [5.41, 5.74) is 4.08. The summed E-state index contributed by atoms with van der Waals surface area (Å²) in [6.45, 7) is 7.78. The maximum Gasteiger partial charge on any atom is 0.169 e. The van der Waals surface area contributed by atoms with Gasteiger partial charge < -0.3 is 19.1 Å². The van der Waals surface area contributed by atoms with Crippen LogP contribution in [-0.4, -0.2) is 44.9 Å². The summed E-state index contributed by atoms with van der Waals surface area (Å²) in [5, 5.41) is 0. The lowest BCUT2D eigenvalue weighted by molar-refractivity contribution is 0.131. The Morgan fingerprint density at radius 2 is 1.50 bits per heavy atom. The zero-order valence-electron chi connectivity index (χ0n) is 20.1. The summed E-state index contributed by atoms with van der Waals surface area (Å²) in [7, 11) is 5.85. The lowest BCUT2D eigenvalue weighted by Crippen LogP contribution is -2.22. The van der Waals surface area contributed by atoms with Crippen molar-refractivity contribution in [3.8, 4) is 39.5 Å². The molecule has 0 saturated heterocycles. The molecular weight excluding hydrogens is 398 g/mol. The normalized spacial score (nSPS) is 11.5. The van der Waals surface area contributed by atoms with Crippen molar-refractivity contribution in [2.45, 2.75) is 32.8 Å². The second-order valence-electron chi connectivity index (χ2n) is 9.13. The summed E-state index contributed by atoms with van der Waals surface area (Å²) in [6.07, 6.45) is 0.952. The van der Waals surface area contributed by atoms with Crippen LogP contribution >= 0.6 is 0 Å². The minimum Gasteiger partial charge on any atom is -0.492 e. The first kappa shape index (κ1) is 23.7. The summed E-state index contributed by atoms with van der Waals surface area (Å²) in [4.78, 5) is 2.16. The number of hydrogen-bond acceptors (Lipinski definition) is 4. The average Bonchev–Trinajstić information content (AvgIpc) is 2.76. The van der Waals surface area contributed by atoms with Gasteiger partial charge in [0, 0.05) is 12.1 Å². The molecule has 0 aliphatic rings. The molecule has 0 spiro atoms. The summed E-state index contributed by atoms with van der Waals surface area (Å²) in [6, 6.07) is 22.7. The maximum absolute atomic E-state index is 6.13. The molecule has 170 valence electrons. The average molecular weight is 434 g/mol. The van der Waals surface area contributed by atoms with E-state index >= 15 is 0 Å². The van der Waals surface area contributed by atoms with E-state index < -0.39 is 0 Å². The van der Waals surface area contributed by atoms with Crippen LogP contribution < -0.4 is 14.2 Å². The van der Waals surface area contributed by atoms with Crippen molar-refractivity contribution >= 4 is 0 Å². The van der Waals surface area contributed by atoms with Gasteiger partial charge in [0.25, 0.3) is 0 Å². The van der Waals surface area contributed by atoms with Gasteiger partial charge in [-0.1, -0.05) is 42.5 Å². The fraction of sp³-hybridized carbons (Fsp3) is 0.357. The van der Waals surface area contributed by atoms with Crippen molar-refractivity contribution in [2.75, 3.05) is 34.4 Å². The predicted octanol–water partition coefficient (Wildman–Crippen LogP) is 6.54. The van der Waals surface area contributed by atoms with Gasteiger partial charge >= 0.3 is 0 Å². The molecule has 0 aromatic heterocycles. The Kier molecular flexibility index (Phi) is 7.81. The van der Waals surface area contributed by atoms with Crippen LogP contribution in [0, 0.1) is 0 Å². The largest absolute Gasteiger partial charge is 0.492 e. The Balaban J connectivity index is 2.00. The van der Waals surface area contributed by atoms with E-state index in [9.17, 15) is 0 Å². The molecule has 0 atom stereocenters. The molecule has 3 rings (SSSR count). The number of hydrogen-bond donors (Lipinski definition) is 0. The number of nitrogens with zero attached hydrogens (tertiary/aromatic N) is 1. The molecule has 0 aliphatic carbocycles. The van der Waals surface area contributed by atoms with Gasteiger partial charge in [-0.25, -0.2) is 0 Å². The molecule has 0 N–H and O–H groups in total. The van der Waals surface area contributed by atoms with Crippen LogP contribution in [0.3, 0.4) is 0 Å². The molecule has 0 amide bonds. The van der Waals surface area contributed by atoms with Gasteiger partial charge in [-0.05, 0) is 82.2 Å². The molecule has 0 saturated carbocycles. The van der Waals surface area contributed by atoms with Gasteiger partial charge in [0.1, 0.15) is 11.4 Å². The van der Waals surface area contributed by atoms with Crippen molar-refractivity contribution < 1.29 is 14.2 Å². The minimum atomic E-state index is -0.231. The third kappa shape index (κ3) is 6.27. The monoisotopic (exact) mass is 433 g/mol. The Morgan fingerprint density at radius 3 is 2.09 bits per heavy atom. The molecule has 0 unspecified atom stereocenters. The number of ether oxygens (including phenoxy) is 3. The molecule has 0 fully saturated rings. The summed E-state index contributed by atoms with van der Waals surface area (Å²) < 4.78 is 18.0. The van der Waals surface area contributed by atoms with E-state index in [1.54, 1.807) is 7.11 Å². The van der Waals surface area contributed by atoms with Gasteiger partial charge in [-0.3, -0.25) is 0 Å². The van der Waals surface area contributed by atoms with Crippen LogP contribution in [0.15, 0.2) is 66.7 Å². The predicted molar refractivity (Wildman–Crippen MR) is 133 cm³/mol. The zero-order valence-corrected chi connectivity index (χ0v) is 20.1. The van der Waals surface area contributed by atoms with E-state index in [4.69, 9.17) is 14.2 Å². The van der Waals surface area contributed by atoms with E-state index in [-0.39, 0.29) is 5.60 Å². The molecule has 3 aromatic carbocycles. The molecule has 0 heterocycles. The van der Waals surface area contributed by atoms with Crippen LogP contribution in [-0.2, 0) is 0 Å². The van der Waals surface area contributed by atoms with Crippen molar-refractivity contribution in [1.82, 2.24) is 4.90 Å². The van der Waals surface area contributed by atoms with Gasteiger partial charge in [-0.2, -0.15) is 0 Å². The van der Waals surface area contributed by atoms with Crippen LogP contribution in [0.25, 0.3) is 22.3 Å². The van der Waals surface area contributed by atoms with E-state index in [0.29, 0.717) is 6.61 Å². The molecule has 32 heavy (non-hydrogen) atoms. The number of benzene rings is 3. The highest BCUT2D eigenvalue weighted by molar-refractivity contribution is 5.89. The van der Waals surface area contributed by atoms with Crippen molar-refractivity contribution in [2.24, 2.45) is 0 Å². The van der Waals surface area contributed by atoms with Crippen LogP contribution in [0.2, 0.25) is 0 Å². The first-order chi connectivity index (χ1) is 15.3. The van der Waals surface area contributed by atoms with Crippen LogP contribution in [0.4, 0.5) is 0 Å². The van der Waals surface area contributed by atoms with Crippen LogP contribution in [0.1, 0.15) is 27.2 Å². The molecule has 3 aromatic rings. The standard InChI is InChI=1S/C28H35NO3/c1-28(2,3)32-23-15-13-21(14-16-23)24-17-18-25(31-20-10-19-29(4)5)27(30-6)26(24)22-11-8-7-9-12-22/h7-9,11-18H,10,19-20H2,1-6H3. The SMILES string of the molecule is COc1c(OCCCN(C)C)ccc(-c2ccc(OC(C)(C)C)cc2)c1-c1ccccc1. The van der Waals surface area contributed by atoms with E-state index in [0.717, 1.165) is 52.5 Å². The molecule has 0 bridgehead atoms. The third-order valence-corrected chi connectivity index (χ3v) is 4.98. The Labute approximate surface area is 192 Å². The second kappa shape index (κ2) is 10.6. The van der Waals surface area contributed by atoms with Crippen molar-refractivity contribution in [3.05, 3.63) is 66.7 Å². The zero-order chi connectivity index (χ0) is 23.1. The highest BCUT2D eigenvalue weighted by Crippen LogP contribution is 2.45. The smallest absolute Gasteiger partial charge is 0.169 e. The van der Waals surface area contributed by atoms with E-state index in [2.05, 4.69) is 70.1 Å². The highest BCUT2D eigenvalue weighted by atomic mass is 16.5. The lowest BCUT2D eigenvalue weighted by atomic mass is 9.93. The Bertz CT molecular complexity index is 990. The van der Waals surface area contributed by atoms with Crippen molar-refractivity contribution in [3.63, 3.8) is 0 Å². The van der Waals surface area contributed by atoms with Gasteiger partial charge in [0.15, 0.2) is 11.5 Å². The summed E-state index contributed by atoms with van der Waals surface area (Å²) >= 11 is 0. The van der Waals surface area contributed by atoms with Crippen LogP contribution in [0.5, 0.6) is 17.2 Å². The quantitative estimate of drug-likeness (QED) is 0.359.